The fraction of sp³-hybridized carbons (Fsp3) is 0.450. The van der Waals surface area contributed by atoms with E-state index in [0.29, 0.717) is 13.1 Å². The first-order chi connectivity index (χ1) is 13.6. The summed E-state index contributed by atoms with van der Waals surface area (Å²) in [5.74, 6) is 0.503. The third-order valence-electron chi connectivity index (χ3n) is 4.77. The van der Waals surface area contributed by atoms with Crippen molar-refractivity contribution in [2.45, 2.75) is 19.4 Å². The lowest BCUT2D eigenvalue weighted by atomic mass is 10.2. The summed E-state index contributed by atoms with van der Waals surface area (Å²) in [6.07, 6.45) is 0.354. The van der Waals surface area contributed by atoms with Crippen LogP contribution in [0.25, 0.3) is 10.6 Å². The summed E-state index contributed by atoms with van der Waals surface area (Å²) in [4.78, 5) is 32.2. The van der Waals surface area contributed by atoms with Crippen LogP contribution in [0.3, 0.4) is 0 Å². The van der Waals surface area contributed by atoms with Crippen LogP contribution in [0.4, 0.5) is 0 Å². The Morgan fingerprint density at radius 3 is 2.43 bits per heavy atom. The summed E-state index contributed by atoms with van der Waals surface area (Å²) < 4.78 is 9.78. The van der Waals surface area contributed by atoms with Gasteiger partial charge in [-0.3, -0.25) is 14.5 Å². The number of ether oxygens (including phenoxy) is 2. The fourth-order valence-corrected chi connectivity index (χ4v) is 3.92. The third-order valence-corrected chi connectivity index (χ3v) is 5.71. The zero-order chi connectivity index (χ0) is 19.9. The van der Waals surface area contributed by atoms with Crippen LogP contribution in [0, 0.1) is 0 Å². The molecule has 1 fully saturated rings. The lowest BCUT2D eigenvalue weighted by molar-refractivity contribution is -0.144. The first-order valence-corrected chi connectivity index (χ1v) is 10.1. The largest absolute Gasteiger partial charge is 0.497 e. The Hall–Kier alpha value is -2.45. The summed E-state index contributed by atoms with van der Waals surface area (Å²) >= 11 is 1.63. The number of carbonyl (C=O) groups excluding carboxylic acids is 2. The number of methoxy groups -OCH3 is 2. The summed E-state index contributed by atoms with van der Waals surface area (Å²) in [6.45, 7) is 3.74. The second-order valence-corrected chi connectivity index (χ2v) is 7.46. The van der Waals surface area contributed by atoms with Gasteiger partial charge in [-0.2, -0.15) is 0 Å². The maximum absolute atomic E-state index is 12.2. The van der Waals surface area contributed by atoms with Gasteiger partial charge >= 0.3 is 5.97 Å². The molecule has 1 aromatic carbocycles. The van der Waals surface area contributed by atoms with Gasteiger partial charge < -0.3 is 14.4 Å². The SMILES string of the molecule is COC(=O)CCC(=O)N1CCN(Cc2csc(-c3ccc(OC)cc3)n2)CC1. The van der Waals surface area contributed by atoms with Crippen molar-refractivity contribution in [2.75, 3.05) is 40.4 Å². The highest BCUT2D eigenvalue weighted by Crippen LogP contribution is 2.26. The predicted molar refractivity (Wildman–Crippen MR) is 107 cm³/mol. The van der Waals surface area contributed by atoms with Gasteiger partial charge in [-0.15, -0.1) is 11.3 Å². The Balaban J connectivity index is 1.48. The molecule has 0 N–H and O–H groups in total. The minimum absolute atomic E-state index is 0.0144. The summed E-state index contributed by atoms with van der Waals surface area (Å²) in [7, 11) is 2.99. The Kier molecular flexibility index (Phi) is 7.00. The van der Waals surface area contributed by atoms with E-state index in [1.165, 1.54) is 7.11 Å². The average Bonchev–Trinajstić information content (AvgIpc) is 3.20. The minimum atomic E-state index is -0.344. The van der Waals surface area contributed by atoms with Gasteiger partial charge in [-0.1, -0.05) is 0 Å². The molecule has 8 heteroatoms. The summed E-state index contributed by atoms with van der Waals surface area (Å²) in [5.41, 5.74) is 2.12. The third kappa shape index (κ3) is 5.30. The monoisotopic (exact) mass is 403 g/mol. The number of thiazole rings is 1. The summed E-state index contributed by atoms with van der Waals surface area (Å²) in [5, 5.41) is 3.09. The Morgan fingerprint density at radius 1 is 1.07 bits per heavy atom. The molecule has 7 nitrogen and oxygen atoms in total. The van der Waals surface area contributed by atoms with Crippen molar-refractivity contribution in [2.24, 2.45) is 0 Å². The summed E-state index contributed by atoms with van der Waals surface area (Å²) in [6, 6.07) is 7.90. The highest BCUT2D eigenvalue weighted by molar-refractivity contribution is 7.13. The number of piperazine rings is 1. The lowest BCUT2D eigenvalue weighted by Crippen LogP contribution is -2.48. The number of carbonyl (C=O) groups is 2. The molecule has 3 rings (SSSR count). The van der Waals surface area contributed by atoms with E-state index >= 15 is 0 Å². The molecule has 1 saturated heterocycles. The molecule has 2 aromatic rings. The molecular formula is C20H25N3O4S. The number of nitrogens with zero attached hydrogens (tertiary/aromatic N) is 3. The maximum Gasteiger partial charge on any atom is 0.306 e. The van der Waals surface area contributed by atoms with Crippen molar-refractivity contribution >= 4 is 23.2 Å². The topological polar surface area (TPSA) is 72.0 Å². The highest BCUT2D eigenvalue weighted by Gasteiger charge is 2.22. The molecule has 1 amide bonds. The highest BCUT2D eigenvalue weighted by atomic mass is 32.1. The van der Waals surface area contributed by atoms with Crippen molar-refractivity contribution in [1.29, 1.82) is 0 Å². The number of amides is 1. The van der Waals surface area contributed by atoms with E-state index in [1.54, 1.807) is 18.4 Å². The maximum atomic E-state index is 12.2. The van der Waals surface area contributed by atoms with Crippen molar-refractivity contribution < 1.29 is 19.1 Å². The number of hydrogen-bond donors (Lipinski definition) is 0. The van der Waals surface area contributed by atoms with Gasteiger partial charge in [0.25, 0.3) is 0 Å². The van der Waals surface area contributed by atoms with E-state index in [4.69, 9.17) is 9.72 Å². The van der Waals surface area contributed by atoms with Crippen LogP contribution in [0.2, 0.25) is 0 Å². The predicted octanol–water partition coefficient (Wildman–Crippen LogP) is 2.42. The quantitative estimate of drug-likeness (QED) is 0.661. The van der Waals surface area contributed by atoms with Gasteiger partial charge in [0.05, 0.1) is 26.3 Å². The van der Waals surface area contributed by atoms with Crippen LogP contribution in [-0.2, 0) is 20.9 Å². The van der Waals surface area contributed by atoms with E-state index in [2.05, 4.69) is 15.0 Å². The molecule has 0 saturated carbocycles. The zero-order valence-corrected chi connectivity index (χ0v) is 17.0. The van der Waals surface area contributed by atoms with Crippen LogP contribution >= 0.6 is 11.3 Å². The molecule has 2 heterocycles. The van der Waals surface area contributed by atoms with Gasteiger partial charge in [-0.05, 0) is 24.3 Å². The first-order valence-electron chi connectivity index (χ1n) is 9.25. The number of hydrogen-bond acceptors (Lipinski definition) is 7. The number of esters is 1. The van der Waals surface area contributed by atoms with Gasteiger partial charge in [0.1, 0.15) is 10.8 Å². The van der Waals surface area contributed by atoms with E-state index in [9.17, 15) is 9.59 Å². The van der Waals surface area contributed by atoms with Crippen molar-refractivity contribution in [1.82, 2.24) is 14.8 Å². The Bertz CT molecular complexity index is 798. The molecule has 0 radical (unpaired) electrons. The van der Waals surface area contributed by atoms with Crippen LogP contribution in [-0.4, -0.2) is 67.1 Å². The molecule has 1 aromatic heterocycles. The van der Waals surface area contributed by atoms with E-state index in [0.717, 1.165) is 41.6 Å². The molecule has 150 valence electrons. The van der Waals surface area contributed by atoms with E-state index in [1.807, 2.05) is 29.2 Å². The van der Waals surface area contributed by atoms with Crippen LogP contribution in [0.1, 0.15) is 18.5 Å². The Labute approximate surface area is 168 Å². The van der Waals surface area contributed by atoms with E-state index in [-0.39, 0.29) is 24.7 Å². The number of benzene rings is 1. The molecular weight excluding hydrogens is 378 g/mol. The molecule has 0 atom stereocenters. The van der Waals surface area contributed by atoms with Crippen LogP contribution < -0.4 is 4.74 Å². The van der Waals surface area contributed by atoms with Crippen LogP contribution in [0.5, 0.6) is 5.75 Å². The lowest BCUT2D eigenvalue weighted by Gasteiger charge is -2.34. The fourth-order valence-electron chi connectivity index (χ4n) is 3.10. The number of rotatable bonds is 7. The second-order valence-electron chi connectivity index (χ2n) is 6.61. The first kappa shape index (κ1) is 20.3. The van der Waals surface area contributed by atoms with E-state index < -0.39 is 0 Å². The molecule has 0 bridgehead atoms. The van der Waals surface area contributed by atoms with Crippen molar-refractivity contribution in [3.63, 3.8) is 0 Å². The van der Waals surface area contributed by atoms with Crippen molar-refractivity contribution in [3.05, 3.63) is 35.3 Å². The van der Waals surface area contributed by atoms with Gasteiger partial charge in [0.15, 0.2) is 0 Å². The molecule has 1 aliphatic rings. The van der Waals surface area contributed by atoms with Gasteiger partial charge in [0.2, 0.25) is 5.91 Å². The molecule has 0 unspecified atom stereocenters. The standard InChI is InChI=1S/C20H25N3O4S/c1-26-17-5-3-15(4-6-17)20-21-16(14-28-20)13-22-9-11-23(12-10-22)18(24)7-8-19(25)27-2/h3-6,14H,7-13H2,1-2H3. The molecule has 1 aliphatic heterocycles. The molecule has 28 heavy (non-hydrogen) atoms. The van der Waals surface area contributed by atoms with Crippen LogP contribution in [0.15, 0.2) is 29.6 Å². The Morgan fingerprint density at radius 2 is 1.79 bits per heavy atom. The number of aromatic nitrogens is 1. The second kappa shape index (κ2) is 9.66. The normalized spacial score (nSPS) is 14.7. The molecule has 0 spiro atoms. The smallest absolute Gasteiger partial charge is 0.306 e. The minimum Gasteiger partial charge on any atom is -0.497 e. The van der Waals surface area contributed by atoms with Gasteiger partial charge in [0, 0.05) is 50.1 Å². The molecule has 0 aliphatic carbocycles. The zero-order valence-electron chi connectivity index (χ0n) is 16.2. The van der Waals surface area contributed by atoms with Crippen molar-refractivity contribution in [3.8, 4) is 16.3 Å². The van der Waals surface area contributed by atoms with Gasteiger partial charge in [-0.25, -0.2) is 4.98 Å². The average molecular weight is 404 g/mol.